The van der Waals surface area contributed by atoms with Crippen LogP contribution in [0.5, 0.6) is 0 Å². The van der Waals surface area contributed by atoms with Crippen molar-refractivity contribution in [2.24, 2.45) is 0 Å². The van der Waals surface area contributed by atoms with Gasteiger partial charge in [-0.05, 0) is 23.7 Å². The second kappa shape index (κ2) is 2.87. The Morgan fingerprint density at radius 1 is 1.67 bits per heavy atom. The van der Waals surface area contributed by atoms with Crippen molar-refractivity contribution in [3.8, 4) is 0 Å². The molecule has 0 aliphatic carbocycles. The van der Waals surface area contributed by atoms with E-state index < -0.39 is 0 Å². The Hall–Kier alpha value is -0.510. The summed E-state index contributed by atoms with van der Waals surface area (Å²) in [5.41, 5.74) is 0. The van der Waals surface area contributed by atoms with Crippen molar-refractivity contribution in [3.05, 3.63) is 23.1 Å². The van der Waals surface area contributed by atoms with E-state index >= 15 is 0 Å². The van der Waals surface area contributed by atoms with Gasteiger partial charge in [-0.2, -0.15) is 0 Å². The number of rotatable bonds is 2. The summed E-state index contributed by atoms with van der Waals surface area (Å²) in [6.07, 6.45) is 0. The van der Waals surface area contributed by atoms with E-state index in [2.05, 4.69) is 4.89 Å². The third-order valence-electron chi connectivity index (χ3n) is 0.836. The molecule has 0 aliphatic rings. The fourth-order valence-corrected chi connectivity index (χ4v) is 0.655. The molecule has 0 aromatic carbocycles. The second-order valence-corrected chi connectivity index (χ2v) is 1.85. The molecule has 0 atom stereocenters. The molecule has 0 amide bonds. The zero-order valence-corrected chi connectivity index (χ0v) is 5.26. The first-order valence-electron chi connectivity index (χ1n) is 2.33. The third kappa shape index (κ3) is 1.71. The van der Waals surface area contributed by atoms with Gasteiger partial charge in [0.2, 0.25) is 0 Å². The normalized spacial score (nSPS) is 10.0. The van der Waals surface area contributed by atoms with Crippen molar-refractivity contribution in [2.45, 2.75) is 6.61 Å². The van der Waals surface area contributed by atoms with Crippen molar-refractivity contribution in [2.75, 3.05) is 0 Å². The van der Waals surface area contributed by atoms with Crippen molar-refractivity contribution in [3.63, 3.8) is 0 Å². The second-order valence-electron chi connectivity index (χ2n) is 1.48. The van der Waals surface area contributed by atoms with Gasteiger partial charge in [-0.25, -0.2) is 4.89 Å². The van der Waals surface area contributed by atoms with E-state index in [0.29, 0.717) is 11.0 Å². The van der Waals surface area contributed by atoms with Crippen molar-refractivity contribution in [1.82, 2.24) is 0 Å². The van der Waals surface area contributed by atoms with Gasteiger partial charge >= 0.3 is 0 Å². The first kappa shape index (κ1) is 6.61. The molecule has 3 nitrogen and oxygen atoms in total. The zero-order chi connectivity index (χ0) is 6.69. The van der Waals surface area contributed by atoms with E-state index in [4.69, 9.17) is 21.3 Å². The molecule has 1 aromatic heterocycles. The minimum absolute atomic E-state index is 0.0344. The molecule has 9 heavy (non-hydrogen) atoms. The quantitative estimate of drug-likeness (QED) is 0.515. The van der Waals surface area contributed by atoms with Crippen molar-refractivity contribution in [1.29, 1.82) is 0 Å². The highest BCUT2D eigenvalue weighted by Crippen LogP contribution is 2.12. The van der Waals surface area contributed by atoms with Crippen LogP contribution in [0.4, 0.5) is 0 Å². The Balaban J connectivity index is 2.61. The topological polar surface area (TPSA) is 42.6 Å². The molecular formula is C5H5ClO3. The van der Waals surface area contributed by atoms with Crippen LogP contribution in [0.25, 0.3) is 0 Å². The summed E-state index contributed by atoms with van der Waals surface area (Å²) >= 11 is 5.39. The Bertz CT molecular complexity index is 184. The van der Waals surface area contributed by atoms with Crippen LogP contribution in [-0.2, 0) is 11.5 Å². The van der Waals surface area contributed by atoms with Crippen LogP contribution < -0.4 is 0 Å². The lowest BCUT2D eigenvalue weighted by molar-refractivity contribution is -0.256. The molecule has 1 heterocycles. The monoisotopic (exact) mass is 148 g/mol. The van der Waals surface area contributed by atoms with Crippen molar-refractivity contribution >= 4 is 11.6 Å². The lowest BCUT2D eigenvalue weighted by Gasteiger charge is -1.87. The molecule has 1 aromatic rings. The summed E-state index contributed by atoms with van der Waals surface area (Å²) < 4.78 is 4.80. The van der Waals surface area contributed by atoms with E-state index in [1.165, 1.54) is 0 Å². The van der Waals surface area contributed by atoms with E-state index in [9.17, 15) is 0 Å². The maximum atomic E-state index is 7.93. The van der Waals surface area contributed by atoms with Crippen LogP contribution in [0.3, 0.4) is 0 Å². The van der Waals surface area contributed by atoms with Crippen LogP contribution in [0.1, 0.15) is 5.76 Å². The first-order valence-corrected chi connectivity index (χ1v) is 2.71. The maximum absolute atomic E-state index is 7.93. The number of halogens is 1. The Morgan fingerprint density at radius 3 is 2.89 bits per heavy atom. The van der Waals surface area contributed by atoms with Crippen LogP contribution in [-0.4, -0.2) is 5.26 Å². The molecular weight excluding hydrogens is 144 g/mol. The van der Waals surface area contributed by atoms with Crippen LogP contribution >= 0.6 is 11.6 Å². The average molecular weight is 149 g/mol. The maximum Gasteiger partial charge on any atom is 0.193 e. The molecule has 0 aliphatic heterocycles. The van der Waals surface area contributed by atoms with E-state index in [0.717, 1.165) is 0 Å². The van der Waals surface area contributed by atoms with Crippen molar-refractivity contribution < 1.29 is 14.6 Å². The summed E-state index contributed by atoms with van der Waals surface area (Å²) in [5, 5.41) is 8.22. The molecule has 1 rings (SSSR count). The summed E-state index contributed by atoms with van der Waals surface area (Å²) in [5.74, 6) is 0.502. The highest BCUT2D eigenvalue weighted by Gasteiger charge is 1.97. The van der Waals surface area contributed by atoms with Gasteiger partial charge < -0.3 is 4.42 Å². The Labute approximate surface area is 56.7 Å². The molecule has 0 saturated heterocycles. The number of hydrogen-bond acceptors (Lipinski definition) is 3. The van der Waals surface area contributed by atoms with Gasteiger partial charge in [-0.3, -0.25) is 5.26 Å². The molecule has 0 spiro atoms. The molecule has 0 unspecified atom stereocenters. The van der Waals surface area contributed by atoms with Gasteiger partial charge in [-0.15, -0.1) is 0 Å². The number of furan rings is 1. The van der Waals surface area contributed by atoms with Gasteiger partial charge in [0.1, 0.15) is 12.4 Å². The van der Waals surface area contributed by atoms with Gasteiger partial charge in [0.05, 0.1) is 0 Å². The summed E-state index contributed by atoms with van der Waals surface area (Å²) in [7, 11) is 0. The van der Waals surface area contributed by atoms with Crippen LogP contribution in [0, 0.1) is 0 Å². The van der Waals surface area contributed by atoms with Gasteiger partial charge in [-0.1, -0.05) is 0 Å². The molecule has 0 saturated carbocycles. The molecule has 0 radical (unpaired) electrons. The lowest BCUT2D eigenvalue weighted by atomic mass is 10.5. The molecule has 4 heteroatoms. The van der Waals surface area contributed by atoms with Crippen LogP contribution in [0.2, 0.25) is 5.22 Å². The predicted octanol–water partition coefficient (Wildman–Crippen LogP) is 1.92. The summed E-state index contributed by atoms with van der Waals surface area (Å²) in [6, 6.07) is 3.20. The van der Waals surface area contributed by atoms with Gasteiger partial charge in [0, 0.05) is 0 Å². The Morgan fingerprint density at radius 2 is 2.44 bits per heavy atom. The zero-order valence-electron chi connectivity index (χ0n) is 4.50. The average Bonchev–Trinajstić information content (AvgIpc) is 2.17. The smallest absolute Gasteiger partial charge is 0.193 e. The minimum Gasteiger partial charge on any atom is -0.447 e. The fraction of sp³-hybridized carbons (Fsp3) is 0.200. The fourth-order valence-electron chi connectivity index (χ4n) is 0.493. The van der Waals surface area contributed by atoms with E-state index in [1.54, 1.807) is 12.1 Å². The van der Waals surface area contributed by atoms with E-state index in [1.807, 2.05) is 0 Å². The standard InChI is InChI=1S/C5H5ClO3/c6-5-2-1-4(9-5)3-8-7/h1-2,7H,3H2. The Kier molecular flexibility index (Phi) is 2.10. The highest BCUT2D eigenvalue weighted by atomic mass is 35.5. The first-order chi connectivity index (χ1) is 4.33. The summed E-state index contributed by atoms with van der Waals surface area (Å²) in [4.78, 5) is 3.79. The molecule has 0 fully saturated rings. The SMILES string of the molecule is OOCc1ccc(Cl)o1. The highest BCUT2D eigenvalue weighted by molar-refractivity contribution is 6.28. The lowest BCUT2D eigenvalue weighted by Crippen LogP contribution is -1.82. The predicted molar refractivity (Wildman–Crippen MR) is 31.1 cm³/mol. The van der Waals surface area contributed by atoms with Crippen LogP contribution in [0.15, 0.2) is 16.5 Å². The third-order valence-corrected chi connectivity index (χ3v) is 1.04. The van der Waals surface area contributed by atoms with E-state index in [-0.39, 0.29) is 6.61 Å². The molecule has 50 valence electrons. The number of hydrogen-bond donors (Lipinski definition) is 1. The molecule has 1 N–H and O–H groups in total. The van der Waals surface area contributed by atoms with Gasteiger partial charge in [0.25, 0.3) is 0 Å². The van der Waals surface area contributed by atoms with Gasteiger partial charge in [0.15, 0.2) is 5.22 Å². The molecule has 0 bridgehead atoms. The largest absolute Gasteiger partial charge is 0.447 e. The minimum atomic E-state index is 0.0344. The summed E-state index contributed by atoms with van der Waals surface area (Å²) in [6.45, 7) is 0.0344.